The maximum Gasteiger partial charge on any atom is 0.253 e. The van der Waals surface area contributed by atoms with Crippen molar-refractivity contribution in [3.63, 3.8) is 0 Å². The van der Waals surface area contributed by atoms with E-state index in [-0.39, 0.29) is 11.8 Å². The number of nitrogens with zero attached hydrogens (tertiary/aromatic N) is 2. The van der Waals surface area contributed by atoms with Crippen molar-refractivity contribution in [1.82, 2.24) is 10.2 Å². The van der Waals surface area contributed by atoms with E-state index in [4.69, 9.17) is 12.2 Å². The molecule has 2 aromatic carbocycles. The summed E-state index contributed by atoms with van der Waals surface area (Å²) < 4.78 is 0. The van der Waals surface area contributed by atoms with Crippen molar-refractivity contribution in [2.24, 2.45) is 0 Å². The Labute approximate surface area is 170 Å². The molecule has 1 heterocycles. The van der Waals surface area contributed by atoms with Crippen molar-refractivity contribution in [2.75, 3.05) is 36.4 Å². The summed E-state index contributed by atoms with van der Waals surface area (Å²) in [6, 6.07) is 17.3. The minimum atomic E-state index is -0.114. The van der Waals surface area contributed by atoms with Crippen LogP contribution in [0.25, 0.3) is 0 Å². The van der Waals surface area contributed by atoms with E-state index < -0.39 is 0 Å². The Kier molecular flexibility index (Phi) is 6.60. The van der Waals surface area contributed by atoms with Gasteiger partial charge < -0.3 is 20.4 Å². The number of thiocarbonyl (C=S) groups is 1. The van der Waals surface area contributed by atoms with Crippen LogP contribution in [0.5, 0.6) is 0 Å². The SMILES string of the molecule is CCC(=O)NC(=S)Nc1ccc(N2CCN(C(=O)c3ccccc3)CC2)cc1. The summed E-state index contributed by atoms with van der Waals surface area (Å²) in [7, 11) is 0. The van der Waals surface area contributed by atoms with Gasteiger partial charge in [-0.25, -0.2) is 0 Å². The molecule has 28 heavy (non-hydrogen) atoms. The second-order valence-electron chi connectivity index (χ2n) is 6.55. The number of carbonyl (C=O) groups excluding carboxylic acids is 2. The third-order valence-electron chi connectivity index (χ3n) is 4.65. The number of anilines is 2. The first kappa shape index (κ1) is 19.8. The molecule has 146 valence electrons. The van der Waals surface area contributed by atoms with Crippen LogP contribution in [0, 0.1) is 0 Å². The summed E-state index contributed by atoms with van der Waals surface area (Å²) in [5.74, 6) is -0.0283. The molecule has 1 saturated heterocycles. The van der Waals surface area contributed by atoms with E-state index >= 15 is 0 Å². The number of nitrogens with one attached hydrogen (secondary N) is 2. The van der Waals surface area contributed by atoms with Crippen LogP contribution < -0.4 is 15.5 Å². The monoisotopic (exact) mass is 396 g/mol. The molecule has 0 spiro atoms. The summed E-state index contributed by atoms with van der Waals surface area (Å²) in [6.07, 6.45) is 0.388. The smallest absolute Gasteiger partial charge is 0.253 e. The van der Waals surface area contributed by atoms with Gasteiger partial charge in [-0.1, -0.05) is 25.1 Å². The molecule has 2 amide bonds. The molecule has 0 aromatic heterocycles. The molecular weight excluding hydrogens is 372 g/mol. The topological polar surface area (TPSA) is 64.7 Å². The van der Waals surface area contributed by atoms with Crippen LogP contribution >= 0.6 is 12.2 Å². The second-order valence-corrected chi connectivity index (χ2v) is 6.96. The molecule has 1 aliphatic heterocycles. The van der Waals surface area contributed by atoms with E-state index in [1.807, 2.05) is 59.5 Å². The van der Waals surface area contributed by atoms with Gasteiger partial charge in [-0.05, 0) is 48.6 Å². The first-order valence-corrected chi connectivity index (χ1v) is 9.78. The third kappa shape index (κ3) is 5.07. The number of amides is 2. The van der Waals surface area contributed by atoms with Gasteiger partial charge >= 0.3 is 0 Å². The molecule has 0 radical (unpaired) electrons. The highest BCUT2D eigenvalue weighted by atomic mass is 32.1. The van der Waals surface area contributed by atoms with Gasteiger partial charge in [0, 0.05) is 49.5 Å². The minimum absolute atomic E-state index is 0.0856. The molecule has 0 bridgehead atoms. The van der Waals surface area contributed by atoms with Crippen LogP contribution in [0.4, 0.5) is 11.4 Å². The van der Waals surface area contributed by atoms with Crippen molar-refractivity contribution < 1.29 is 9.59 Å². The fourth-order valence-electron chi connectivity index (χ4n) is 3.06. The van der Waals surface area contributed by atoms with Gasteiger partial charge in [0.2, 0.25) is 5.91 Å². The molecule has 0 saturated carbocycles. The van der Waals surface area contributed by atoms with Crippen LogP contribution in [0.3, 0.4) is 0 Å². The number of hydrogen-bond acceptors (Lipinski definition) is 4. The Morgan fingerprint density at radius 3 is 2.21 bits per heavy atom. The lowest BCUT2D eigenvalue weighted by atomic mass is 10.1. The Bertz CT molecular complexity index is 831. The first-order chi connectivity index (χ1) is 13.6. The number of rotatable bonds is 4. The van der Waals surface area contributed by atoms with Gasteiger partial charge in [0.1, 0.15) is 0 Å². The van der Waals surface area contributed by atoms with E-state index in [0.717, 1.165) is 30.0 Å². The van der Waals surface area contributed by atoms with Gasteiger partial charge in [0.25, 0.3) is 5.91 Å². The fourth-order valence-corrected chi connectivity index (χ4v) is 3.30. The predicted molar refractivity (Wildman–Crippen MR) is 116 cm³/mol. The Morgan fingerprint density at radius 1 is 0.964 bits per heavy atom. The van der Waals surface area contributed by atoms with Crippen LogP contribution in [-0.4, -0.2) is 48.0 Å². The summed E-state index contributed by atoms with van der Waals surface area (Å²) in [4.78, 5) is 28.1. The largest absolute Gasteiger partial charge is 0.368 e. The van der Waals surface area contributed by atoms with E-state index in [1.54, 1.807) is 6.92 Å². The van der Waals surface area contributed by atoms with Crippen molar-refractivity contribution >= 4 is 40.5 Å². The summed E-state index contributed by atoms with van der Waals surface area (Å²) in [6.45, 7) is 4.74. The summed E-state index contributed by atoms with van der Waals surface area (Å²) in [5.41, 5.74) is 2.65. The van der Waals surface area contributed by atoms with Crippen molar-refractivity contribution in [3.8, 4) is 0 Å². The van der Waals surface area contributed by atoms with Gasteiger partial charge in [-0.3, -0.25) is 9.59 Å². The number of piperazine rings is 1. The highest BCUT2D eigenvalue weighted by Crippen LogP contribution is 2.20. The number of hydrogen-bond donors (Lipinski definition) is 2. The minimum Gasteiger partial charge on any atom is -0.368 e. The van der Waals surface area contributed by atoms with Gasteiger partial charge in [0.05, 0.1) is 0 Å². The lowest BCUT2D eigenvalue weighted by Gasteiger charge is -2.36. The average molecular weight is 397 g/mol. The average Bonchev–Trinajstić information content (AvgIpc) is 2.74. The van der Waals surface area contributed by atoms with E-state index in [0.29, 0.717) is 24.6 Å². The second kappa shape index (κ2) is 9.32. The molecule has 1 fully saturated rings. The molecule has 2 aromatic rings. The van der Waals surface area contributed by atoms with E-state index in [2.05, 4.69) is 15.5 Å². The fraction of sp³-hybridized carbons (Fsp3) is 0.286. The molecule has 6 nitrogen and oxygen atoms in total. The molecule has 1 aliphatic rings. The Balaban J connectivity index is 1.52. The quantitative estimate of drug-likeness (QED) is 0.778. The zero-order chi connectivity index (χ0) is 19.9. The molecule has 3 rings (SSSR count). The van der Waals surface area contributed by atoms with E-state index in [1.165, 1.54) is 0 Å². The molecular formula is C21H24N4O2S. The highest BCUT2D eigenvalue weighted by molar-refractivity contribution is 7.80. The summed E-state index contributed by atoms with van der Waals surface area (Å²) >= 11 is 5.12. The molecule has 2 N–H and O–H groups in total. The van der Waals surface area contributed by atoms with Crippen molar-refractivity contribution in [2.45, 2.75) is 13.3 Å². The van der Waals surface area contributed by atoms with Crippen molar-refractivity contribution in [3.05, 3.63) is 60.2 Å². The molecule has 0 unspecified atom stereocenters. The van der Waals surface area contributed by atoms with Crippen LogP contribution in [0.1, 0.15) is 23.7 Å². The third-order valence-corrected chi connectivity index (χ3v) is 4.86. The van der Waals surface area contributed by atoms with Gasteiger partial charge in [-0.2, -0.15) is 0 Å². The van der Waals surface area contributed by atoms with Gasteiger partial charge in [-0.15, -0.1) is 0 Å². The van der Waals surface area contributed by atoms with Crippen molar-refractivity contribution in [1.29, 1.82) is 0 Å². The molecule has 0 aliphatic carbocycles. The Hall–Kier alpha value is -2.93. The molecule has 0 atom stereocenters. The van der Waals surface area contributed by atoms with Crippen LogP contribution in [0.15, 0.2) is 54.6 Å². The zero-order valence-corrected chi connectivity index (χ0v) is 16.7. The van der Waals surface area contributed by atoms with Crippen LogP contribution in [-0.2, 0) is 4.79 Å². The van der Waals surface area contributed by atoms with Crippen LogP contribution in [0.2, 0.25) is 0 Å². The van der Waals surface area contributed by atoms with E-state index in [9.17, 15) is 9.59 Å². The first-order valence-electron chi connectivity index (χ1n) is 9.37. The number of benzene rings is 2. The highest BCUT2D eigenvalue weighted by Gasteiger charge is 2.22. The lowest BCUT2D eigenvalue weighted by Crippen LogP contribution is -2.48. The number of carbonyl (C=O) groups is 2. The maximum atomic E-state index is 12.5. The normalized spacial score (nSPS) is 13.8. The zero-order valence-electron chi connectivity index (χ0n) is 15.9. The molecule has 7 heteroatoms. The summed E-state index contributed by atoms with van der Waals surface area (Å²) in [5, 5.41) is 5.92. The van der Waals surface area contributed by atoms with Gasteiger partial charge in [0.15, 0.2) is 5.11 Å². The lowest BCUT2D eigenvalue weighted by molar-refractivity contribution is -0.119. The standard InChI is InChI=1S/C21H24N4O2S/c1-2-19(26)23-21(28)22-17-8-10-18(11-9-17)24-12-14-25(15-13-24)20(27)16-6-4-3-5-7-16/h3-11H,2,12-15H2,1H3,(H2,22,23,26,28). The predicted octanol–water partition coefficient (Wildman–Crippen LogP) is 2.87. The Morgan fingerprint density at radius 2 is 1.61 bits per heavy atom. The maximum absolute atomic E-state index is 12.5.